The second-order valence-corrected chi connectivity index (χ2v) is 5.44. The van der Waals surface area contributed by atoms with Gasteiger partial charge in [-0.15, -0.1) is 5.10 Å². The fourth-order valence-electron chi connectivity index (χ4n) is 2.50. The molecule has 0 fully saturated rings. The average molecular weight is 327 g/mol. The van der Waals surface area contributed by atoms with Crippen LogP contribution in [0.4, 0.5) is 0 Å². The molecule has 0 aliphatic heterocycles. The molecule has 8 heteroatoms. The van der Waals surface area contributed by atoms with Crippen molar-refractivity contribution < 1.29 is 14.7 Å². The number of aromatic amines is 1. The van der Waals surface area contributed by atoms with E-state index < -0.39 is 5.97 Å². The number of nitrogens with one attached hydrogen (secondary N) is 2. The molecule has 2 aromatic heterocycles. The van der Waals surface area contributed by atoms with Crippen LogP contribution in [0.25, 0.3) is 10.9 Å². The normalized spacial score (nSPS) is 10.8. The highest BCUT2D eigenvalue weighted by Crippen LogP contribution is 2.18. The van der Waals surface area contributed by atoms with Crippen molar-refractivity contribution in [1.82, 2.24) is 25.3 Å². The smallest absolute Gasteiger partial charge is 0.325 e. The number of H-pyrrole nitrogens is 1. The van der Waals surface area contributed by atoms with E-state index in [-0.39, 0.29) is 19.0 Å². The van der Waals surface area contributed by atoms with Crippen LogP contribution in [0.2, 0.25) is 0 Å². The molecule has 0 radical (unpaired) electrons. The molecule has 3 rings (SSSR count). The summed E-state index contributed by atoms with van der Waals surface area (Å²) in [6, 6.07) is 7.96. The first kappa shape index (κ1) is 15.7. The van der Waals surface area contributed by atoms with E-state index >= 15 is 0 Å². The monoisotopic (exact) mass is 327 g/mol. The third kappa shape index (κ3) is 3.78. The van der Waals surface area contributed by atoms with E-state index in [2.05, 4.69) is 20.6 Å². The van der Waals surface area contributed by atoms with E-state index in [0.717, 1.165) is 16.5 Å². The van der Waals surface area contributed by atoms with E-state index in [9.17, 15) is 9.59 Å². The van der Waals surface area contributed by atoms with Gasteiger partial charge >= 0.3 is 5.97 Å². The number of carbonyl (C=O) groups excluding carboxylic acids is 1. The molecule has 3 N–H and O–H groups in total. The Balaban J connectivity index is 1.49. The number of carboxylic acids is 1. The molecule has 0 saturated carbocycles. The lowest BCUT2D eigenvalue weighted by molar-refractivity contribution is -0.138. The molecule has 0 saturated heterocycles. The highest BCUT2D eigenvalue weighted by molar-refractivity contribution is 5.84. The number of amides is 1. The summed E-state index contributed by atoms with van der Waals surface area (Å²) in [7, 11) is 0. The number of aryl methyl sites for hydroxylation is 1. The summed E-state index contributed by atoms with van der Waals surface area (Å²) in [6.07, 6.45) is 4.44. The van der Waals surface area contributed by atoms with Gasteiger partial charge in [-0.05, 0) is 18.1 Å². The molecule has 0 bridgehead atoms. The van der Waals surface area contributed by atoms with Gasteiger partial charge in [-0.3, -0.25) is 9.59 Å². The number of carboxylic acid groups (broad SMARTS) is 1. The third-order valence-corrected chi connectivity index (χ3v) is 3.65. The molecule has 2 heterocycles. The first-order valence-electron chi connectivity index (χ1n) is 7.54. The molecular weight excluding hydrogens is 310 g/mol. The van der Waals surface area contributed by atoms with E-state index in [1.54, 1.807) is 0 Å². The Kier molecular flexibility index (Phi) is 4.55. The summed E-state index contributed by atoms with van der Waals surface area (Å²) in [5, 5.41) is 20.1. The van der Waals surface area contributed by atoms with Gasteiger partial charge in [0.15, 0.2) is 0 Å². The number of rotatable bonds is 7. The Bertz CT molecular complexity index is 867. The molecule has 0 unspecified atom stereocenters. The van der Waals surface area contributed by atoms with Gasteiger partial charge in [0.1, 0.15) is 12.2 Å². The molecule has 3 aromatic rings. The average Bonchev–Trinajstić information content (AvgIpc) is 3.17. The molecular formula is C16H17N5O3. The quantitative estimate of drug-likeness (QED) is 0.601. The summed E-state index contributed by atoms with van der Waals surface area (Å²) in [4.78, 5) is 25.7. The molecule has 0 aliphatic rings. The molecule has 0 atom stereocenters. The van der Waals surface area contributed by atoms with Crippen LogP contribution in [0.1, 0.15) is 17.7 Å². The predicted molar refractivity (Wildman–Crippen MR) is 86.1 cm³/mol. The number of fused-ring (bicyclic) bond motifs is 1. The largest absolute Gasteiger partial charge is 0.480 e. The van der Waals surface area contributed by atoms with E-state index in [0.29, 0.717) is 18.5 Å². The van der Waals surface area contributed by atoms with Crippen molar-refractivity contribution in [3.8, 4) is 0 Å². The van der Waals surface area contributed by atoms with E-state index in [1.165, 1.54) is 10.9 Å². The van der Waals surface area contributed by atoms with Crippen molar-refractivity contribution in [1.29, 1.82) is 0 Å². The molecule has 1 aromatic carbocycles. The maximum absolute atomic E-state index is 12.0. The van der Waals surface area contributed by atoms with Crippen LogP contribution in [-0.2, 0) is 29.1 Å². The second-order valence-electron chi connectivity index (χ2n) is 5.44. The number of hydrogen-bond acceptors (Lipinski definition) is 4. The molecule has 24 heavy (non-hydrogen) atoms. The maximum atomic E-state index is 12.0. The van der Waals surface area contributed by atoms with Crippen molar-refractivity contribution >= 4 is 22.8 Å². The number of nitrogens with zero attached hydrogens (tertiary/aromatic N) is 3. The summed E-state index contributed by atoms with van der Waals surface area (Å²) in [5.74, 6) is -1.08. The molecule has 124 valence electrons. The number of hydrogen-bond donors (Lipinski definition) is 3. The van der Waals surface area contributed by atoms with Crippen LogP contribution < -0.4 is 5.32 Å². The summed E-state index contributed by atoms with van der Waals surface area (Å²) >= 11 is 0. The number of aliphatic carboxylic acids is 1. The fourth-order valence-corrected chi connectivity index (χ4v) is 2.50. The van der Waals surface area contributed by atoms with Gasteiger partial charge in [0, 0.05) is 23.5 Å². The van der Waals surface area contributed by atoms with Crippen LogP contribution in [0.15, 0.2) is 36.7 Å². The van der Waals surface area contributed by atoms with E-state index in [4.69, 9.17) is 5.11 Å². The number of carbonyl (C=O) groups is 2. The first-order valence-corrected chi connectivity index (χ1v) is 7.54. The zero-order valence-corrected chi connectivity index (χ0v) is 12.9. The predicted octanol–water partition coefficient (Wildman–Crippen LogP) is 1.09. The summed E-state index contributed by atoms with van der Waals surface area (Å²) in [5.41, 5.74) is 2.69. The Morgan fingerprint density at radius 3 is 2.96 bits per heavy atom. The zero-order valence-electron chi connectivity index (χ0n) is 12.9. The minimum absolute atomic E-state index is 0.0898. The lowest BCUT2D eigenvalue weighted by Crippen LogP contribution is -2.23. The van der Waals surface area contributed by atoms with Crippen LogP contribution in [-0.4, -0.2) is 37.0 Å². The summed E-state index contributed by atoms with van der Waals surface area (Å²) < 4.78 is 1.22. The van der Waals surface area contributed by atoms with Crippen molar-refractivity contribution in [2.24, 2.45) is 0 Å². The fraction of sp³-hybridized carbons (Fsp3) is 0.250. The molecule has 1 amide bonds. The van der Waals surface area contributed by atoms with Crippen molar-refractivity contribution in [2.75, 3.05) is 0 Å². The van der Waals surface area contributed by atoms with Gasteiger partial charge in [0.2, 0.25) is 5.91 Å². The van der Waals surface area contributed by atoms with Gasteiger partial charge in [-0.25, -0.2) is 4.68 Å². The van der Waals surface area contributed by atoms with Gasteiger partial charge in [0.25, 0.3) is 0 Å². The SMILES string of the molecule is O=C(O)Cn1cc(CNC(=O)CCc2c[nH]c3ccccc23)nn1. The zero-order chi connectivity index (χ0) is 16.9. The highest BCUT2D eigenvalue weighted by Gasteiger charge is 2.08. The lowest BCUT2D eigenvalue weighted by Gasteiger charge is -2.02. The number of aromatic nitrogens is 4. The van der Waals surface area contributed by atoms with Crippen LogP contribution in [0.5, 0.6) is 0 Å². The first-order chi connectivity index (χ1) is 11.6. The minimum atomic E-state index is -0.991. The Hall–Kier alpha value is -3.16. The van der Waals surface area contributed by atoms with Crippen LogP contribution in [0.3, 0.4) is 0 Å². The third-order valence-electron chi connectivity index (χ3n) is 3.65. The number of benzene rings is 1. The van der Waals surface area contributed by atoms with E-state index in [1.807, 2.05) is 30.5 Å². The maximum Gasteiger partial charge on any atom is 0.325 e. The standard InChI is InChI=1S/C16H17N5O3/c22-15(18-8-12-9-21(20-19-12)10-16(23)24)6-5-11-7-17-14-4-2-1-3-13(11)14/h1-4,7,9,17H,5-6,8,10H2,(H,18,22)(H,23,24). The van der Waals surface area contributed by atoms with Gasteiger partial charge in [-0.2, -0.15) is 0 Å². The topological polar surface area (TPSA) is 113 Å². The van der Waals surface area contributed by atoms with Crippen molar-refractivity contribution in [3.63, 3.8) is 0 Å². The molecule has 8 nitrogen and oxygen atoms in total. The second kappa shape index (κ2) is 6.95. The van der Waals surface area contributed by atoms with Crippen molar-refractivity contribution in [3.05, 3.63) is 47.9 Å². The Morgan fingerprint density at radius 2 is 2.12 bits per heavy atom. The summed E-state index contributed by atoms with van der Waals surface area (Å²) in [6.45, 7) is -0.0200. The van der Waals surface area contributed by atoms with Gasteiger partial charge in [0.05, 0.1) is 12.7 Å². The molecule has 0 aliphatic carbocycles. The van der Waals surface area contributed by atoms with Crippen LogP contribution >= 0.6 is 0 Å². The Morgan fingerprint density at radius 1 is 1.29 bits per heavy atom. The molecule has 0 spiro atoms. The van der Waals surface area contributed by atoms with Crippen molar-refractivity contribution in [2.45, 2.75) is 25.9 Å². The Labute approximate surface area is 137 Å². The highest BCUT2D eigenvalue weighted by atomic mass is 16.4. The van der Waals surface area contributed by atoms with Gasteiger partial charge < -0.3 is 15.4 Å². The van der Waals surface area contributed by atoms with Crippen LogP contribution in [0, 0.1) is 0 Å². The minimum Gasteiger partial charge on any atom is -0.480 e. The number of para-hydroxylation sites is 1. The lowest BCUT2D eigenvalue weighted by atomic mass is 10.1. The van der Waals surface area contributed by atoms with Gasteiger partial charge in [-0.1, -0.05) is 23.4 Å².